The number of aliphatic carboxylic acids is 1. The Balaban J connectivity index is 1.70. The van der Waals surface area contributed by atoms with E-state index in [-0.39, 0.29) is 12.2 Å². The summed E-state index contributed by atoms with van der Waals surface area (Å²) in [7, 11) is -3.53. The third-order valence-electron chi connectivity index (χ3n) is 5.22. The highest BCUT2D eigenvalue weighted by Gasteiger charge is 2.49. The molecule has 1 fully saturated rings. The molecule has 3 aromatic rings. The van der Waals surface area contributed by atoms with Gasteiger partial charge in [-0.2, -0.15) is 0 Å². The lowest BCUT2D eigenvalue weighted by Crippen LogP contribution is -2.41. The van der Waals surface area contributed by atoms with Crippen LogP contribution in [0.2, 0.25) is 0 Å². The van der Waals surface area contributed by atoms with E-state index in [2.05, 4.69) is 4.98 Å². The quantitative estimate of drug-likeness (QED) is 0.663. The van der Waals surface area contributed by atoms with Gasteiger partial charge in [-0.1, -0.05) is 30.7 Å². The molecule has 0 aliphatic carbocycles. The van der Waals surface area contributed by atoms with E-state index in [0.717, 1.165) is 16.0 Å². The van der Waals surface area contributed by atoms with Crippen LogP contribution in [0.1, 0.15) is 30.6 Å². The van der Waals surface area contributed by atoms with E-state index in [1.165, 1.54) is 17.7 Å². The topological polar surface area (TPSA) is 97.5 Å². The average molecular weight is 418 g/mol. The van der Waals surface area contributed by atoms with Gasteiger partial charge in [-0.15, -0.1) is 11.3 Å². The van der Waals surface area contributed by atoms with Gasteiger partial charge in [0, 0.05) is 15.3 Å². The maximum Gasteiger partial charge on any atom is 0.305 e. The molecule has 3 heterocycles. The predicted octanol–water partition coefficient (Wildman–Crippen LogP) is 4.34. The second-order valence-electron chi connectivity index (χ2n) is 6.95. The molecule has 8 heteroatoms. The Morgan fingerprint density at radius 1 is 1.14 bits per heavy atom. The summed E-state index contributed by atoms with van der Waals surface area (Å²) in [4.78, 5) is 16.9. The lowest BCUT2D eigenvalue weighted by molar-refractivity contribution is -0.137. The molecule has 4 rings (SSSR count). The number of rotatable bonds is 5. The van der Waals surface area contributed by atoms with Crippen LogP contribution in [-0.2, 0) is 19.4 Å². The van der Waals surface area contributed by atoms with Crippen molar-refractivity contribution in [1.82, 2.24) is 4.98 Å². The van der Waals surface area contributed by atoms with E-state index in [1.54, 1.807) is 12.3 Å². The normalized spacial score (nSPS) is 21.4. The number of sulfone groups is 1. The number of carbonyl (C=O) groups is 1. The van der Waals surface area contributed by atoms with Crippen molar-refractivity contribution in [3.8, 4) is 21.8 Å². The van der Waals surface area contributed by atoms with E-state index in [0.29, 0.717) is 29.9 Å². The van der Waals surface area contributed by atoms with Crippen LogP contribution in [-0.4, -0.2) is 30.2 Å². The van der Waals surface area contributed by atoms with Gasteiger partial charge in [0.2, 0.25) is 0 Å². The highest BCUT2D eigenvalue weighted by molar-refractivity contribution is 7.92. The zero-order chi connectivity index (χ0) is 19.8. The maximum atomic E-state index is 12.9. The van der Waals surface area contributed by atoms with E-state index >= 15 is 0 Å². The largest absolute Gasteiger partial charge is 0.481 e. The van der Waals surface area contributed by atoms with Crippen molar-refractivity contribution in [2.45, 2.75) is 30.4 Å². The monoisotopic (exact) mass is 417 g/mol. The van der Waals surface area contributed by atoms with Crippen molar-refractivity contribution in [1.29, 1.82) is 0 Å². The minimum absolute atomic E-state index is 0.0411. The minimum atomic E-state index is -3.53. The highest BCUT2D eigenvalue weighted by Crippen LogP contribution is 2.47. The van der Waals surface area contributed by atoms with Gasteiger partial charge in [0.05, 0.1) is 18.4 Å². The van der Waals surface area contributed by atoms with Crippen LogP contribution in [0.15, 0.2) is 53.4 Å². The third kappa shape index (κ3) is 3.27. The first-order valence-electron chi connectivity index (χ1n) is 8.95. The van der Waals surface area contributed by atoms with E-state index in [9.17, 15) is 18.3 Å². The summed E-state index contributed by atoms with van der Waals surface area (Å²) in [6, 6.07) is 11.4. The summed E-state index contributed by atoms with van der Waals surface area (Å²) in [6.45, 7) is 0. The average Bonchev–Trinajstić information content (AvgIpc) is 3.35. The molecule has 1 N–H and O–H groups in total. The van der Waals surface area contributed by atoms with Crippen LogP contribution in [0.3, 0.4) is 0 Å². The second kappa shape index (κ2) is 7.18. The number of carboxylic acid groups (broad SMARTS) is 1. The van der Waals surface area contributed by atoms with Crippen LogP contribution in [0.5, 0.6) is 0 Å². The number of hydrogen-bond acceptors (Lipinski definition) is 6. The van der Waals surface area contributed by atoms with Crippen molar-refractivity contribution < 1.29 is 22.7 Å². The lowest BCUT2D eigenvalue weighted by atomic mass is 9.95. The molecule has 146 valence electrons. The number of thiophene rings is 1. The van der Waals surface area contributed by atoms with Gasteiger partial charge < -0.3 is 9.52 Å². The first kappa shape index (κ1) is 18.9. The zero-order valence-electron chi connectivity index (χ0n) is 15.0. The Kier molecular flexibility index (Phi) is 4.84. The van der Waals surface area contributed by atoms with Crippen LogP contribution in [0.25, 0.3) is 21.8 Å². The molecule has 0 unspecified atom stereocenters. The van der Waals surface area contributed by atoms with Crippen molar-refractivity contribution in [3.63, 3.8) is 0 Å². The minimum Gasteiger partial charge on any atom is -0.481 e. The number of aromatic nitrogens is 1. The van der Waals surface area contributed by atoms with Gasteiger partial charge in [0.1, 0.15) is 4.75 Å². The van der Waals surface area contributed by atoms with Crippen LogP contribution >= 0.6 is 11.3 Å². The Bertz CT molecular complexity index is 1080. The molecule has 28 heavy (non-hydrogen) atoms. The van der Waals surface area contributed by atoms with Crippen LogP contribution < -0.4 is 0 Å². The Morgan fingerprint density at radius 3 is 2.54 bits per heavy atom. The molecule has 6 nitrogen and oxygen atoms in total. The summed E-state index contributed by atoms with van der Waals surface area (Å²) in [5, 5.41) is 9.40. The zero-order valence-corrected chi connectivity index (χ0v) is 16.6. The predicted molar refractivity (Wildman–Crippen MR) is 107 cm³/mol. The molecular formula is C20H19NO5S2. The maximum absolute atomic E-state index is 12.9. The van der Waals surface area contributed by atoms with Gasteiger partial charge in [-0.3, -0.25) is 4.79 Å². The number of oxazole rings is 1. The molecule has 0 radical (unpaired) electrons. The van der Waals surface area contributed by atoms with E-state index in [1.807, 2.05) is 30.3 Å². The molecule has 1 atom stereocenters. The van der Waals surface area contributed by atoms with Gasteiger partial charge in [-0.05, 0) is 30.5 Å². The molecule has 1 aromatic carbocycles. The SMILES string of the molecule is O=C(O)C[C@]1(c2ccc(-c3ccc(-c4cnco4)cc3)s2)CCCCS1(=O)=O. The fourth-order valence-electron chi connectivity index (χ4n) is 3.75. The summed E-state index contributed by atoms with van der Waals surface area (Å²) < 4.78 is 29.7. The highest BCUT2D eigenvalue weighted by atomic mass is 32.2. The lowest BCUT2D eigenvalue weighted by Gasteiger charge is -2.34. The van der Waals surface area contributed by atoms with Gasteiger partial charge in [-0.25, -0.2) is 13.4 Å². The van der Waals surface area contributed by atoms with Crippen molar-refractivity contribution >= 4 is 27.1 Å². The fourth-order valence-corrected chi connectivity index (χ4v) is 7.53. The fraction of sp³-hybridized carbons (Fsp3) is 0.300. The molecule has 1 saturated heterocycles. The number of benzene rings is 1. The molecule has 0 amide bonds. The molecule has 1 aliphatic heterocycles. The standard InChI is InChI=1S/C20H19NO5S2/c22-19(23)11-20(9-1-2-10-28(20,24)25)18-8-7-17(27-18)15-5-3-14(4-6-15)16-12-21-13-26-16/h3-8,12-13H,1-2,9-11H2,(H,22,23)/t20-/m0/s1. The van der Waals surface area contributed by atoms with Crippen LogP contribution in [0.4, 0.5) is 0 Å². The molecule has 1 aliphatic rings. The Hall–Kier alpha value is -2.45. The number of carboxylic acids is 1. The molecule has 0 spiro atoms. The number of nitrogens with zero attached hydrogens (tertiary/aromatic N) is 1. The number of hydrogen-bond donors (Lipinski definition) is 1. The van der Waals surface area contributed by atoms with Crippen molar-refractivity contribution in [2.24, 2.45) is 0 Å². The van der Waals surface area contributed by atoms with Crippen molar-refractivity contribution in [2.75, 3.05) is 5.75 Å². The smallest absolute Gasteiger partial charge is 0.305 e. The van der Waals surface area contributed by atoms with E-state index in [4.69, 9.17) is 4.42 Å². The summed E-state index contributed by atoms with van der Waals surface area (Å²) >= 11 is 1.36. The van der Waals surface area contributed by atoms with Gasteiger partial charge in [0.25, 0.3) is 0 Å². The third-order valence-corrected chi connectivity index (χ3v) is 9.27. The summed E-state index contributed by atoms with van der Waals surface area (Å²) in [5.41, 5.74) is 1.84. The molecule has 2 aromatic heterocycles. The molecule has 0 bridgehead atoms. The van der Waals surface area contributed by atoms with Gasteiger partial charge in [0.15, 0.2) is 22.0 Å². The first-order valence-corrected chi connectivity index (χ1v) is 11.4. The molecule has 0 saturated carbocycles. The van der Waals surface area contributed by atoms with Crippen LogP contribution in [0, 0.1) is 0 Å². The first-order chi connectivity index (χ1) is 13.4. The Labute approximate surface area is 166 Å². The van der Waals surface area contributed by atoms with Gasteiger partial charge >= 0.3 is 5.97 Å². The van der Waals surface area contributed by atoms with Crippen molar-refractivity contribution in [3.05, 3.63) is 53.9 Å². The molecular weight excluding hydrogens is 398 g/mol. The second-order valence-corrected chi connectivity index (χ2v) is 10.5. The summed E-state index contributed by atoms with van der Waals surface area (Å²) in [6.07, 6.45) is 4.28. The Morgan fingerprint density at radius 2 is 1.89 bits per heavy atom. The van der Waals surface area contributed by atoms with E-state index < -0.39 is 20.6 Å². The summed E-state index contributed by atoms with van der Waals surface area (Å²) in [5.74, 6) is -0.372.